The Morgan fingerprint density at radius 2 is 0.824 bits per heavy atom. The van der Waals surface area contributed by atoms with Gasteiger partial charge in [-0.1, -0.05) is 254 Å². The standard InChI is InChI=1S/C65H116O9/c1-3-5-7-9-11-13-15-17-19-21-23-25-27-29-31-33-35-37-39-41-43-45-47-49-51-53-55-71-57-59(58-72-65-64(70)63(69)62(68)60(56-66)74-65)73-61(67)54-52-50-48-46-44-42-40-38-36-34-32-30-28-26-24-22-20-18-16-14-12-10-8-6-4-2/h5,7,11,13,17,19,22-25,29,31,59-60,62-66,68-70H,3-4,6,8-10,12,14-16,18,20-21,26-28,30,32-58H2,1-2H3/b7-5-,13-11-,19-17-,24-22-,25-23-,31-29-. The van der Waals surface area contributed by atoms with E-state index in [0.29, 0.717) is 13.0 Å². The monoisotopic (exact) mass is 1040 g/mol. The number of rotatable bonds is 54. The van der Waals surface area contributed by atoms with Crippen LogP contribution in [0.2, 0.25) is 0 Å². The second-order valence-corrected chi connectivity index (χ2v) is 21.1. The number of ether oxygens (including phenoxy) is 4. The van der Waals surface area contributed by atoms with E-state index in [1.54, 1.807) is 0 Å². The zero-order chi connectivity index (χ0) is 53.5. The van der Waals surface area contributed by atoms with E-state index >= 15 is 0 Å². The number of unbranched alkanes of at least 4 members (excludes halogenated alkanes) is 31. The van der Waals surface area contributed by atoms with Gasteiger partial charge in [0.25, 0.3) is 0 Å². The average Bonchev–Trinajstić information content (AvgIpc) is 3.40. The first-order valence-corrected chi connectivity index (χ1v) is 31.0. The van der Waals surface area contributed by atoms with Crippen LogP contribution in [0.15, 0.2) is 72.9 Å². The minimum atomic E-state index is -1.54. The highest BCUT2D eigenvalue weighted by Crippen LogP contribution is 2.23. The summed E-state index contributed by atoms with van der Waals surface area (Å²) in [5, 5.41) is 40.4. The number of hydrogen-bond donors (Lipinski definition) is 4. The number of carbonyl (C=O) groups excluding carboxylic acids is 1. The van der Waals surface area contributed by atoms with Gasteiger partial charge < -0.3 is 39.4 Å². The molecule has 0 bridgehead atoms. The Kier molecular flexibility index (Phi) is 52.1. The maximum absolute atomic E-state index is 12.9. The van der Waals surface area contributed by atoms with Crippen LogP contribution in [0.3, 0.4) is 0 Å². The van der Waals surface area contributed by atoms with Crippen molar-refractivity contribution in [1.82, 2.24) is 0 Å². The molecule has 1 rings (SSSR count). The van der Waals surface area contributed by atoms with E-state index in [-0.39, 0.29) is 19.2 Å². The molecule has 74 heavy (non-hydrogen) atoms. The largest absolute Gasteiger partial charge is 0.457 e. The molecule has 1 aliphatic rings. The molecule has 6 atom stereocenters. The second-order valence-electron chi connectivity index (χ2n) is 21.1. The van der Waals surface area contributed by atoms with Crippen LogP contribution < -0.4 is 0 Å². The van der Waals surface area contributed by atoms with Crippen molar-refractivity contribution in [2.75, 3.05) is 26.4 Å². The topological polar surface area (TPSA) is 135 Å². The number of hydrogen-bond acceptors (Lipinski definition) is 9. The first kappa shape index (κ1) is 69.6. The summed E-state index contributed by atoms with van der Waals surface area (Å²) in [7, 11) is 0. The third-order valence-electron chi connectivity index (χ3n) is 14.1. The fourth-order valence-electron chi connectivity index (χ4n) is 9.34. The van der Waals surface area contributed by atoms with Gasteiger partial charge in [-0.15, -0.1) is 0 Å². The molecule has 1 heterocycles. The molecule has 1 aliphatic heterocycles. The van der Waals surface area contributed by atoms with Crippen molar-refractivity contribution < 1.29 is 44.2 Å². The Labute approximate surface area is 455 Å². The molecule has 1 fully saturated rings. The normalized spacial score (nSPS) is 19.0. The van der Waals surface area contributed by atoms with Crippen LogP contribution in [0, 0.1) is 0 Å². The minimum absolute atomic E-state index is 0.116. The predicted octanol–water partition coefficient (Wildman–Crippen LogP) is 16.7. The highest BCUT2D eigenvalue weighted by molar-refractivity contribution is 5.69. The van der Waals surface area contributed by atoms with Gasteiger partial charge in [-0.05, 0) is 83.5 Å². The van der Waals surface area contributed by atoms with Gasteiger partial charge in [0.15, 0.2) is 6.29 Å². The fraction of sp³-hybridized carbons (Fsp3) is 0.800. The van der Waals surface area contributed by atoms with Gasteiger partial charge in [-0.3, -0.25) is 4.79 Å². The highest BCUT2D eigenvalue weighted by atomic mass is 16.7. The zero-order valence-electron chi connectivity index (χ0n) is 47.8. The van der Waals surface area contributed by atoms with Gasteiger partial charge in [0.05, 0.1) is 19.8 Å². The molecule has 0 radical (unpaired) electrons. The van der Waals surface area contributed by atoms with Gasteiger partial charge in [-0.25, -0.2) is 0 Å². The van der Waals surface area contributed by atoms with Crippen molar-refractivity contribution in [2.24, 2.45) is 0 Å². The first-order valence-electron chi connectivity index (χ1n) is 31.0. The van der Waals surface area contributed by atoms with Crippen molar-refractivity contribution in [2.45, 2.75) is 307 Å². The molecule has 1 saturated heterocycles. The summed E-state index contributed by atoms with van der Waals surface area (Å²) < 4.78 is 23.0. The molecule has 0 aromatic carbocycles. The van der Waals surface area contributed by atoms with E-state index in [1.165, 1.54) is 186 Å². The van der Waals surface area contributed by atoms with Crippen LogP contribution in [-0.2, 0) is 23.7 Å². The number of allylic oxidation sites excluding steroid dienone is 12. The molecular formula is C65H116O9. The smallest absolute Gasteiger partial charge is 0.306 e. The Balaban J connectivity index is 2.13. The van der Waals surface area contributed by atoms with Crippen LogP contribution in [0.4, 0.5) is 0 Å². The molecule has 0 aliphatic carbocycles. The summed E-state index contributed by atoms with van der Waals surface area (Å²) in [6.45, 7) is 4.47. The van der Waals surface area contributed by atoms with Gasteiger partial charge in [0.2, 0.25) is 0 Å². The summed E-state index contributed by atoms with van der Waals surface area (Å²) in [6, 6.07) is 0. The van der Waals surface area contributed by atoms with Crippen molar-refractivity contribution in [3.63, 3.8) is 0 Å². The van der Waals surface area contributed by atoms with Gasteiger partial charge in [-0.2, -0.15) is 0 Å². The number of carbonyl (C=O) groups is 1. The van der Waals surface area contributed by atoms with Crippen molar-refractivity contribution in [3.05, 3.63) is 72.9 Å². The summed E-state index contributed by atoms with van der Waals surface area (Å²) in [5.41, 5.74) is 0. The quantitative estimate of drug-likeness (QED) is 0.0267. The third kappa shape index (κ3) is 44.7. The van der Waals surface area contributed by atoms with Crippen LogP contribution >= 0.6 is 0 Å². The van der Waals surface area contributed by atoms with Crippen LogP contribution in [0.25, 0.3) is 0 Å². The van der Waals surface area contributed by atoms with E-state index in [9.17, 15) is 25.2 Å². The van der Waals surface area contributed by atoms with Crippen molar-refractivity contribution in [1.29, 1.82) is 0 Å². The molecule has 9 heteroatoms. The lowest BCUT2D eigenvalue weighted by atomic mass is 9.99. The SMILES string of the molecule is CC/C=C\C/C=C\C/C=C\C/C=C\C/C=C\CCCCCCCCCCCCOCC(COC1OC(CO)C(O)C(O)C1O)OC(=O)CCCCCCCCCCCCCCC/C=C\CCCCCCCCCC. The zero-order valence-corrected chi connectivity index (χ0v) is 47.8. The Bertz CT molecular complexity index is 1370. The summed E-state index contributed by atoms with van der Waals surface area (Å²) in [6.07, 6.45) is 68.1. The maximum atomic E-state index is 12.9. The van der Waals surface area contributed by atoms with Crippen LogP contribution in [-0.4, -0.2) is 89.6 Å². The molecule has 0 saturated carbocycles. The number of aliphatic hydroxyl groups is 4. The van der Waals surface area contributed by atoms with Crippen molar-refractivity contribution in [3.8, 4) is 0 Å². The lowest BCUT2D eigenvalue weighted by molar-refractivity contribution is -0.305. The average molecular weight is 1040 g/mol. The predicted molar refractivity (Wildman–Crippen MR) is 311 cm³/mol. The lowest BCUT2D eigenvalue weighted by Gasteiger charge is -2.39. The first-order chi connectivity index (χ1) is 36.4. The molecular weight excluding hydrogens is 925 g/mol. The summed E-state index contributed by atoms with van der Waals surface area (Å²) >= 11 is 0. The molecule has 0 spiro atoms. The Morgan fingerprint density at radius 3 is 1.26 bits per heavy atom. The molecule has 0 amide bonds. The van der Waals surface area contributed by atoms with Gasteiger partial charge in [0, 0.05) is 13.0 Å². The van der Waals surface area contributed by atoms with Gasteiger partial charge >= 0.3 is 5.97 Å². The Hall–Kier alpha value is -2.37. The second kappa shape index (κ2) is 55.4. The van der Waals surface area contributed by atoms with E-state index in [4.69, 9.17) is 18.9 Å². The van der Waals surface area contributed by atoms with E-state index in [1.807, 2.05) is 0 Å². The molecule has 0 aromatic rings. The number of esters is 1. The summed E-state index contributed by atoms with van der Waals surface area (Å²) in [5.74, 6) is -0.313. The van der Waals surface area contributed by atoms with E-state index in [2.05, 4.69) is 86.8 Å². The third-order valence-corrected chi connectivity index (χ3v) is 14.1. The van der Waals surface area contributed by atoms with E-state index < -0.39 is 43.4 Å². The molecule has 0 aromatic heterocycles. The molecule has 4 N–H and O–H groups in total. The summed E-state index contributed by atoms with van der Waals surface area (Å²) in [4.78, 5) is 12.9. The van der Waals surface area contributed by atoms with E-state index in [0.717, 1.165) is 64.2 Å². The highest BCUT2D eigenvalue weighted by Gasteiger charge is 2.44. The van der Waals surface area contributed by atoms with Crippen LogP contribution in [0.1, 0.15) is 271 Å². The minimum Gasteiger partial charge on any atom is -0.457 e. The fourth-order valence-corrected chi connectivity index (χ4v) is 9.34. The van der Waals surface area contributed by atoms with Crippen LogP contribution in [0.5, 0.6) is 0 Å². The molecule has 6 unspecified atom stereocenters. The maximum Gasteiger partial charge on any atom is 0.306 e. The lowest BCUT2D eigenvalue weighted by Crippen LogP contribution is -2.59. The van der Waals surface area contributed by atoms with Crippen molar-refractivity contribution >= 4 is 5.97 Å². The number of aliphatic hydroxyl groups excluding tert-OH is 4. The molecule has 9 nitrogen and oxygen atoms in total. The van der Waals surface area contributed by atoms with Gasteiger partial charge in [0.1, 0.15) is 30.5 Å². The molecule has 430 valence electrons. The Morgan fingerprint density at radius 1 is 0.446 bits per heavy atom.